The standard InChI is InChI=1S/C49H96O5Si4.C31H52O5/c1-45(2,3)57(18,19)51-40-34-37(35-41(36-40)52-58(20,21)46(4,5)6)26-27-38-25-23-33-49(11)42(38)29-30-43(49)39(24-22-32-47(7,8)53-55(12,13)14)28-31-44(50)48(9,10)54-56(15,16)17;1-29(2,35)16-6-8-23(12-15-28(34)30(3,4)36)27-14-13-26-22(9-7-17-31(26,27)5)11-10-21-18-24(32)20-25(33)19-21/h26-27,39-43H,22-25,28-36H2,1-21H3;10-11,23-27,32-33,35-36H,6-9,12-20H2,1-5H3/b38-27+;22-11+/t39-,40+,41+,42?,43?,49-;23-,24+,25+,26?,27?,31-/m00/s1. The summed E-state index contributed by atoms with van der Waals surface area (Å²) in [5, 5.41) is 40.9. The van der Waals surface area contributed by atoms with Gasteiger partial charge < -0.3 is 38.1 Å². The number of aliphatic hydroxyl groups is 4. The SMILES string of the molecule is CC(C)(CCC[C@@H](CCC(=O)C(C)(C)O[Si](C)(C)C)C1CCC2/C(=C/C=C3C[C@@H](O[Si](C)(C)C(C)(C)C)C[C@H](O[Si](C)(C)C(C)(C)C)C3)CCC[C@@]21C)O[Si](C)(C)C.CC(C)(O)CCC[C@@H](CCC(=O)C(C)(C)O)C1CCC2/C(=C/C=C3C[C@@H](O)C[C@H](O)C3)CCC[C@@]21C. The zero-order valence-corrected chi connectivity index (χ0v) is 69.7. The molecule has 14 heteroatoms. The third-order valence-electron chi connectivity index (χ3n) is 24.6. The number of aliphatic hydroxyl groups excluding tert-OH is 2. The molecule has 12 atom stereocenters. The van der Waals surface area contributed by atoms with Crippen LogP contribution in [0.15, 0.2) is 46.6 Å². The van der Waals surface area contributed by atoms with E-state index in [2.05, 4.69) is 159 Å². The molecular weight excluding hydrogens is 1230 g/mol. The van der Waals surface area contributed by atoms with Crippen molar-refractivity contribution in [2.45, 2.75) is 400 Å². The van der Waals surface area contributed by atoms with Crippen molar-refractivity contribution < 1.29 is 47.7 Å². The van der Waals surface area contributed by atoms with E-state index in [-0.39, 0.29) is 50.3 Å². The fourth-order valence-electron chi connectivity index (χ4n) is 18.1. The largest absolute Gasteiger partial charge is 0.414 e. The van der Waals surface area contributed by atoms with Crippen LogP contribution in [-0.2, 0) is 27.3 Å². The van der Waals surface area contributed by atoms with E-state index in [9.17, 15) is 30.0 Å². The van der Waals surface area contributed by atoms with Crippen LogP contribution in [0.5, 0.6) is 0 Å². The molecule has 6 fully saturated rings. The van der Waals surface area contributed by atoms with Gasteiger partial charge in [-0.25, -0.2) is 0 Å². The van der Waals surface area contributed by atoms with Gasteiger partial charge in [-0.15, -0.1) is 0 Å². The molecule has 4 unspecified atom stereocenters. The van der Waals surface area contributed by atoms with E-state index in [1.807, 2.05) is 27.7 Å². The van der Waals surface area contributed by atoms with Crippen LogP contribution in [0.4, 0.5) is 0 Å². The minimum atomic E-state index is -1.93. The Hall–Kier alpha value is -1.15. The minimum absolute atomic E-state index is 0.0811. The maximum atomic E-state index is 13.9. The van der Waals surface area contributed by atoms with E-state index in [0.29, 0.717) is 67.6 Å². The molecule has 4 N–H and O–H groups in total. The van der Waals surface area contributed by atoms with Crippen molar-refractivity contribution in [1.82, 2.24) is 0 Å². The van der Waals surface area contributed by atoms with Crippen LogP contribution in [0.1, 0.15) is 278 Å². The van der Waals surface area contributed by atoms with Gasteiger partial charge in [-0.3, -0.25) is 9.59 Å². The first-order valence-electron chi connectivity index (χ1n) is 38.1. The van der Waals surface area contributed by atoms with Crippen molar-refractivity contribution in [3.05, 3.63) is 46.6 Å². The molecule has 6 rings (SSSR count). The van der Waals surface area contributed by atoms with Crippen LogP contribution in [0.3, 0.4) is 0 Å². The van der Waals surface area contributed by atoms with Crippen LogP contribution in [0.25, 0.3) is 0 Å². The van der Waals surface area contributed by atoms with Gasteiger partial charge in [0, 0.05) is 12.8 Å². The lowest BCUT2D eigenvalue weighted by atomic mass is 9.60. The lowest BCUT2D eigenvalue weighted by Gasteiger charge is -2.45. The molecular formula is C80H148O10Si4. The predicted molar refractivity (Wildman–Crippen MR) is 405 cm³/mol. The van der Waals surface area contributed by atoms with Crippen LogP contribution < -0.4 is 0 Å². The monoisotopic (exact) mass is 1380 g/mol. The predicted octanol–water partition coefficient (Wildman–Crippen LogP) is 21.1. The molecule has 544 valence electrons. The van der Waals surface area contributed by atoms with Gasteiger partial charge in [0.1, 0.15) is 11.2 Å². The van der Waals surface area contributed by atoms with E-state index in [4.69, 9.17) is 17.7 Å². The lowest BCUT2D eigenvalue weighted by molar-refractivity contribution is -0.134. The van der Waals surface area contributed by atoms with Gasteiger partial charge in [0.15, 0.2) is 44.8 Å². The van der Waals surface area contributed by atoms with Gasteiger partial charge in [-0.1, -0.05) is 128 Å². The van der Waals surface area contributed by atoms with Crippen LogP contribution in [0.2, 0.25) is 75.5 Å². The number of carbonyl (C=O) groups is 2. The van der Waals surface area contributed by atoms with Gasteiger partial charge in [0.25, 0.3) is 0 Å². The Labute approximate surface area is 582 Å². The number of rotatable bonds is 28. The maximum Gasteiger partial charge on any atom is 0.192 e. The molecule has 0 heterocycles. The highest BCUT2D eigenvalue weighted by atomic mass is 28.4. The fraction of sp³-hybridized carbons (Fsp3) is 0.875. The van der Waals surface area contributed by atoms with Crippen molar-refractivity contribution in [2.75, 3.05) is 0 Å². The van der Waals surface area contributed by atoms with Crippen molar-refractivity contribution in [2.24, 2.45) is 46.3 Å². The molecule has 0 bridgehead atoms. The summed E-state index contributed by atoms with van der Waals surface area (Å²) in [6.45, 7) is 57.8. The second-order valence-electron chi connectivity index (χ2n) is 39.2. The normalized spacial score (nSPS) is 29.6. The number of fused-ring (bicyclic) bond motifs is 2. The average Bonchev–Trinajstić information content (AvgIpc) is 1.59. The van der Waals surface area contributed by atoms with E-state index >= 15 is 0 Å². The van der Waals surface area contributed by atoms with Crippen molar-refractivity contribution >= 4 is 44.8 Å². The summed E-state index contributed by atoms with van der Waals surface area (Å²) in [6.07, 6.45) is 34.9. The molecule has 0 aromatic heterocycles. The highest BCUT2D eigenvalue weighted by molar-refractivity contribution is 6.74. The molecule has 6 saturated carbocycles. The first-order valence-corrected chi connectivity index (χ1v) is 50.7. The molecule has 0 aromatic rings. The highest BCUT2D eigenvalue weighted by Crippen LogP contribution is 2.62. The third-order valence-corrected chi connectivity index (χ3v) is 35.9. The maximum absolute atomic E-state index is 13.9. The van der Waals surface area contributed by atoms with Gasteiger partial charge >= 0.3 is 0 Å². The first-order chi connectivity index (χ1) is 42.7. The second kappa shape index (κ2) is 32.4. The summed E-state index contributed by atoms with van der Waals surface area (Å²) >= 11 is 0. The summed E-state index contributed by atoms with van der Waals surface area (Å²) in [7, 11) is -7.38. The molecule has 10 nitrogen and oxygen atoms in total. The van der Waals surface area contributed by atoms with Crippen molar-refractivity contribution in [3.8, 4) is 0 Å². The van der Waals surface area contributed by atoms with Gasteiger partial charge in [-0.2, -0.15) is 0 Å². The van der Waals surface area contributed by atoms with Crippen molar-refractivity contribution in [1.29, 1.82) is 0 Å². The smallest absolute Gasteiger partial charge is 0.192 e. The average molecular weight is 1380 g/mol. The number of hydrogen-bond acceptors (Lipinski definition) is 10. The Balaban J connectivity index is 0.000000379. The van der Waals surface area contributed by atoms with E-state index in [0.717, 1.165) is 82.6 Å². The minimum Gasteiger partial charge on any atom is -0.414 e. The third kappa shape index (κ3) is 24.5. The van der Waals surface area contributed by atoms with E-state index in [1.54, 1.807) is 19.4 Å². The quantitative estimate of drug-likeness (QED) is 0.0557. The number of ketones is 2. The molecule has 0 saturated heterocycles. The van der Waals surface area contributed by atoms with Crippen molar-refractivity contribution in [3.63, 3.8) is 0 Å². The number of allylic oxidation sites excluding steroid dienone is 6. The molecule has 0 aromatic carbocycles. The Morgan fingerprint density at radius 3 is 1.30 bits per heavy atom. The molecule has 0 aliphatic heterocycles. The second-order valence-corrected chi connectivity index (χ2v) is 57.6. The molecule has 0 radical (unpaired) electrons. The molecule has 94 heavy (non-hydrogen) atoms. The first kappa shape index (κ1) is 83.5. The summed E-state index contributed by atoms with van der Waals surface area (Å²) in [5.74, 6) is 3.45. The summed E-state index contributed by atoms with van der Waals surface area (Å²) in [5.41, 5.74) is 3.50. The zero-order valence-electron chi connectivity index (χ0n) is 65.7. The van der Waals surface area contributed by atoms with E-state index in [1.165, 1.54) is 68.9 Å². The molecule has 0 amide bonds. The Kier molecular flexibility index (Phi) is 28.8. The lowest BCUT2D eigenvalue weighted by Crippen LogP contribution is -2.48. The van der Waals surface area contributed by atoms with Crippen LogP contribution in [-0.4, -0.2) is 112 Å². The number of carbonyl (C=O) groups excluding carboxylic acids is 2. The Morgan fingerprint density at radius 2 is 0.915 bits per heavy atom. The summed E-state index contributed by atoms with van der Waals surface area (Å²) in [6, 6.07) is 0. The Morgan fingerprint density at radius 1 is 0.521 bits per heavy atom. The fourth-order valence-corrected chi connectivity index (χ4v) is 24.3. The zero-order chi connectivity index (χ0) is 71.3. The Bertz CT molecular complexity index is 2540. The van der Waals surface area contributed by atoms with Crippen LogP contribution in [0, 0.1) is 46.3 Å². The van der Waals surface area contributed by atoms with Crippen LogP contribution >= 0.6 is 0 Å². The highest BCUT2D eigenvalue weighted by Gasteiger charge is 2.54. The van der Waals surface area contributed by atoms with E-state index < -0.39 is 62.3 Å². The number of hydrogen-bond donors (Lipinski definition) is 4. The molecule has 0 spiro atoms. The summed E-state index contributed by atoms with van der Waals surface area (Å²) in [4.78, 5) is 26.4. The van der Waals surface area contributed by atoms with Gasteiger partial charge in [-0.05, 0) is 306 Å². The van der Waals surface area contributed by atoms with Gasteiger partial charge in [0.2, 0.25) is 0 Å². The topological polar surface area (TPSA) is 152 Å². The molecule has 6 aliphatic carbocycles. The summed E-state index contributed by atoms with van der Waals surface area (Å²) < 4.78 is 27.4. The molecule has 6 aliphatic rings. The van der Waals surface area contributed by atoms with Gasteiger partial charge in [0.05, 0.1) is 35.6 Å². The number of Topliss-reactive ketones (excluding diaryl/α,β-unsaturated/α-hetero) is 2.